The van der Waals surface area contributed by atoms with E-state index < -0.39 is 5.97 Å². The van der Waals surface area contributed by atoms with Crippen molar-refractivity contribution in [3.63, 3.8) is 0 Å². The van der Waals surface area contributed by atoms with Crippen molar-refractivity contribution in [1.29, 1.82) is 0 Å². The number of hydrogen-bond acceptors (Lipinski definition) is 6. The maximum atomic E-state index is 12.1. The zero-order valence-corrected chi connectivity index (χ0v) is 15.0. The number of nitrogens with zero attached hydrogens (tertiary/aromatic N) is 1. The van der Waals surface area contributed by atoms with Crippen LogP contribution in [0.15, 0.2) is 34.2 Å². The normalized spacial score (nSPS) is 10.4. The number of benzene rings is 1. The van der Waals surface area contributed by atoms with E-state index in [2.05, 4.69) is 20.0 Å². The molecule has 0 unspecified atom stereocenters. The van der Waals surface area contributed by atoms with Gasteiger partial charge < -0.3 is 15.0 Å². The predicted molar refractivity (Wildman–Crippen MR) is 96.1 cm³/mol. The monoisotopic (exact) mass is 361 g/mol. The van der Waals surface area contributed by atoms with Crippen LogP contribution < -0.4 is 10.9 Å². The molecule has 7 nitrogen and oxygen atoms in total. The topological polar surface area (TPSA) is 101 Å². The smallest absolute Gasteiger partial charge is 0.337 e. The van der Waals surface area contributed by atoms with Gasteiger partial charge in [0, 0.05) is 16.9 Å². The molecule has 0 saturated heterocycles. The number of esters is 1. The van der Waals surface area contributed by atoms with Gasteiger partial charge in [-0.1, -0.05) is 24.8 Å². The van der Waals surface area contributed by atoms with Crippen LogP contribution in [-0.4, -0.2) is 34.7 Å². The fraction of sp³-hybridized carbons (Fsp3) is 0.294. The van der Waals surface area contributed by atoms with Gasteiger partial charge in [-0.15, -0.1) is 0 Å². The van der Waals surface area contributed by atoms with E-state index in [0.717, 1.165) is 11.8 Å². The first-order valence-electron chi connectivity index (χ1n) is 7.65. The van der Waals surface area contributed by atoms with Crippen LogP contribution in [0.3, 0.4) is 0 Å². The third kappa shape index (κ3) is 4.93. The third-order valence-electron chi connectivity index (χ3n) is 3.46. The predicted octanol–water partition coefficient (Wildman–Crippen LogP) is 2.16. The molecule has 1 amide bonds. The quantitative estimate of drug-likeness (QED) is 0.464. The molecule has 1 aromatic heterocycles. The number of rotatable bonds is 6. The molecule has 2 rings (SSSR count). The first-order chi connectivity index (χ1) is 11.9. The molecule has 0 spiro atoms. The summed E-state index contributed by atoms with van der Waals surface area (Å²) in [7, 11) is 1.30. The summed E-state index contributed by atoms with van der Waals surface area (Å²) < 4.78 is 4.65. The van der Waals surface area contributed by atoms with E-state index in [9.17, 15) is 14.4 Å². The second kappa shape index (κ2) is 8.48. The first kappa shape index (κ1) is 18.7. The largest absolute Gasteiger partial charge is 0.465 e. The Bertz CT molecular complexity index is 848. The number of ether oxygens (including phenoxy) is 1. The van der Waals surface area contributed by atoms with E-state index in [-0.39, 0.29) is 17.2 Å². The first-order valence-corrected chi connectivity index (χ1v) is 8.64. The summed E-state index contributed by atoms with van der Waals surface area (Å²) in [5.41, 5.74) is 1.98. The van der Waals surface area contributed by atoms with Gasteiger partial charge in [-0.3, -0.25) is 9.59 Å². The molecule has 0 aliphatic rings. The van der Waals surface area contributed by atoms with E-state index in [4.69, 9.17) is 0 Å². The van der Waals surface area contributed by atoms with Crippen molar-refractivity contribution in [2.24, 2.45) is 0 Å². The van der Waals surface area contributed by atoms with Gasteiger partial charge in [-0.25, -0.2) is 9.78 Å². The van der Waals surface area contributed by atoms with Crippen LogP contribution in [0.5, 0.6) is 0 Å². The Hall–Kier alpha value is -2.61. The number of carbonyl (C=O) groups excluding carboxylic acids is 2. The van der Waals surface area contributed by atoms with E-state index >= 15 is 0 Å². The third-order valence-corrected chi connectivity index (χ3v) is 4.33. The maximum absolute atomic E-state index is 12.1. The second-order valence-corrected chi connectivity index (χ2v) is 6.16. The summed E-state index contributed by atoms with van der Waals surface area (Å²) >= 11 is 1.14. The molecular formula is C17H19N3O4S. The van der Waals surface area contributed by atoms with Gasteiger partial charge in [-0.05, 0) is 31.5 Å². The number of hydrogen-bond donors (Lipinski definition) is 2. The highest BCUT2D eigenvalue weighted by Gasteiger charge is 2.10. The number of amides is 1. The Morgan fingerprint density at radius 3 is 2.76 bits per heavy atom. The molecule has 8 heteroatoms. The molecule has 1 heterocycles. The number of methoxy groups -OCH3 is 1. The van der Waals surface area contributed by atoms with Crippen molar-refractivity contribution < 1.29 is 14.3 Å². The van der Waals surface area contributed by atoms with Crippen LogP contribution in [0.25, 0.3) is 0 Å². The summed E-state index contributed by atoms with van der Waals surface area (Å²) in [6.07, 6.45) is 0.607. The Balaban J connectivity index is 2.00. The number of aromatic nitrogens is 2. The Labute approximate surface area is 149 Å². The number of nitrogens with one attached hydrogen (secondary N) is 2. The minimum absolute atomic E-state index is 0.0797. The standard InChI is InChI=1S/C17H19N3O4S/c1-4-13-10(2)18-17(20-15(13)22)25-9-14(21)19-12-7-5-6-11(8-12)16(23)24-3/h5-8H,4,9H2,1-3H3,(H,19,21)(H,18,20,22). The Morgan fingerprint density at radius 2 is 2.12 bits per heavy atom. The van der Waals surface area contributed by atoms with Gasteiger partial charge in [0.05, 0.1) is 18.4 Å². The lowest BCUT2D eigenvalue weighted by molar-refractivity contribution is -0.113. The molecule has 1 aromatic carbocycles. The van der Waals surface area contributed by atoms with Crippen LogP contribution >= 0.6 is 11.8 Å². The highest BCUT2D eigenvalue weighted by atomic mass is 32.2. The molecule has 0 aliphatic heterocycles. The molecular weight excluding hydrogens is 342 g/mol. The average Bonchev–Trinajstić information content (AvgIpc) is 2.59. The number of aromatic amines is 1. The molecule has 2 N–H and O–H groups in total. The van der Waals surface area contributed by atoms with E-state index in [1.54, 1.807) is 25.1 Å². The fourth-order valence-electron chi connectivity index (χ4n) is 2.24. The Morgan fingerprint density at radius 1 is 1.36 bits per heavy atom. The maximum Gasteiger partial charge on any atom is 0.337 e. The lowest BCUT2D eigenvalue weighted by atomic mass is 10.2. The molecule has 132 valence electrons. The summed E-state index contributed by atoms with van der Waals surface area (Å²) in [5.74, 6) is -0.665. The van der Waals surface area contributed by atoms with Crippen molar-refractivity contribution in [2.75, 3.05) is 18.2 Å². The van der Waals surface area contributed by atoms with Crippen LogP contribution in [0.2, 0.25) is 0 Å². The van der Waals surface area contributed by atoms with Gasteiger partial charge >= 0.3 is 5.97 Å². The lowest BCUT2D eigenvalue weighted by Gasteiger charge is -2.07. The second-order valence-electron chi connectivity index (χ2n) is 5.20. The Kier molecular flexibility index (Phi) is 6.35. The molecule has 0 radical (unpaired) electrons. The molecule has 0 bridgehead atoms. The zero-order chi connectivity index (χ0) is 18.4. The van der Waals surface area contributed by atoms with Crippen molar-refractivity contribution in [3.05, 3.63) is 51.4 Å². The van der Waals surface area contributed by atoms with Crippen molar-refractivity contribution in [3.8, 4) is 0 Å². The van der Waals surface area contributed by atoms with E-state index in [1.807, 2.05) is 6.92 Å². The minimum Gasteiger partial charge on any atom is -0.465 e. The highest BCUT2D eigenvalue weighted by Crippen LogP contribution is 2.15. The minimum atomic E-state index is -0.473. The van der Waals surface area contributed by atoms with Crippen molar-refractivity contribution in [2.45, 2.75) is 25.4 Å². The van der Waals surface area contributed by atoms with Gasteiger partial charge in [0.1, 0.15) is 0 Å². The summed E-state index contributed by atoms with van der Waals surface area (Å²) in [4.78, 5) is 42.4. The van der Waals surface area contributed by atoms with Crippen LogP contribution in [0.1, 0.15) is 28.5 Å². The van der Waals surface area contributed by atoms with Crippen LogP contribution in [-0.2, 0) is 16.0 Å². The SMILES string of the molecule is CCc1c(C)nc(SCC(=O)Nc2cccc(C(=O)OC)c2)[nH]c1=O. The van der Waals surface area contributed by atoms with E-state index in [1.165, 1.54) is 13.2 Å². The summed E-state index contributed by atoms with van der Waals surface area (Å²) in [6, 6.07) is 6.47. The number of thioether (sulfide) groups is 1. The number of carbonyl (C=O) groups is 2. The van der Waals surface area contributed by atoms with E-state index in [0.29, 0.717) is 34.1 Å². The molecule has 0 aliphatic carbocycles. The fourth-order valence-corrected chi connectivity index (χ4v) is 2.95. The van der Waals surface area contributed by atoms with Gasteiger partial charge in [-0.2, -0.15) is 0 Å². The average molecular weight is 361 g/mol. The van der Waals surface area contributed by atoms with Gasteiger partial charge in [0.25, 0.3) is 5.56 Å². The van der Waals surface area contributed by atoms with Crippen molar-refractivity contribution in [1.82, 2.24) is 9.97 Å². The van der Waals surface area contributed by atoms with Crippen molar-refractivity contribution >= 4 is 29.3 Å². The molecule has 0 fully saturated rings. The molecule has 0 atom stereocenters. The van der Waals surface area contributed by atoms with Crippen LogP contribution in [0, 0.1) is 6.92 Å². The molecule has 2 aromatic rings. The van der Waals surface area contributed by atoms with Gasteiger partial charge in [0.2, 0.25) is 5.91 Å². The summed E-state index contributed by atoms with van der Waals surface area (Å²) in [6.45, 7) is 3.67. The van der Waals surface area contributed by atoms with Gasteiger partial charge in [0.15, 0.2) is 5.16 Å². The van der Waals surface area contributed by atoms with Crippen LogP contribution in [0.4, 0.5) is 5.69 Å². The number of anilines is 1. The number of H-pyrrole nitrogens is 1. The molecule has 25 heavy (non-hydrogen) atoms. The molecule has 0 saturated carbocycles. The zero-order valence-electron chi connectivity index (χ0n) is 14.2. The lowest BCUT2D eigenvalue weighted by Crippen LogP contribution is -2.18. The highest BCUT2D eigenvalue weighted by molar-refractivity contribution is 7.99. The summed E-state index contributed by atoms with van der Waals surface area (Å²) in [5, 5.41) is 3.10. The number of aryl methyl sites for hydroxylation is 1.